The van der Waals surface area contributed by atoms with Gasteiger partial charge in [0.2, 0.25) is 5.91 Å². The molecule has 6 rings (SSSR count). The Kier molecular flexibility index (Phi) is 4.00. The molecule has 4 fully saturated rings. The van der Waals surface area contributed by atoms with Gasteiger partial charge in [0.25, 0.3) is 0 Å². The summed E-state index contributed by atoms with van der Waals surface area (Å²) in [5.74, 6) is 1.13. The Morgan fingerprint density at radius 2 is 1.75 bits per heavy atom. The largest absolute Gasteiger partial charge is 0.447 e. The normalized spacial score (nSPS) is 30.6. The summed E-state index contributed by atoms with van der Waals surface area (Å²) < 4.78 is 19.3. The minimum atomic E-state index is -0.563. The van der Waals surface area contributed by atoms with Crippen LogP contribution in [0.4, 0.5) is 4.39 Å². The Morgan fingerprint density at radius 3 is 2.36 bits per heavy atom. The zero-order chi connectivity index (χ0) is 19.5. The number of furan rings is 1. The highest BCUT2D eigenvalue weighted by atomic mass is 19.1. The number of hydrogen-bond donors (Lipinski definition) is 2. The van der Waals surface area contributed by atoms with Crippen LogP contribution in [-0.4, -0.2) is 11.8 Å². The van der Waals surface area contributed by atoms with Crippen LogP contribution in [0.25, 0.3) is 11.0 Å². The van der Waals surface area contributed by atoms with E-state index in [-0.39, 0.29) is 22.7 Å². The third-order valence-electron chi connectivity index (χ3n) is 7.14. The van der Waals surface area contributed by atoms with E-state index in [9.17, 15) is 14.0 Å². The Hall–Kier alpha value is -2.37. The molecule has 0 aliphatic heterocycles. The molecule has 1 heterocycles. The molecule has 0 atom stereocenters. The molecule has 4 aliphatic carbocycles. The molecule has 148 valence electrons. The summed E-state index contributed by atoms with van der Waals surface area (Å²) in [5.41, 5.74) is 5.73. The molecule has 2 N–H and O–H groups in total. The van der Waals surface area contributed by atoms with Gasteiger partial charge in [0.05, 0.1) is 0 Å². The second-order valence-electron chi connectivity index (χ2n) is 9.27. The van der Waals surface area contributed by atoms with E-state index in [0.29, 0.717) is 17.4 Å². The summed E-state index contributed by atoms with van der Waals surface area (Å²) >= 11 is 0. The van der Waals surface area contributed by atoms with Gasteiger partial charge in [-0.05, 0) is 74.7 Å². The Bertz CT molecular complexity index is 929. The van der Waals surface area contributed by atoms with Crippen molar-refractivity contribution in [2.45, 2.75) is 51.9 Å². The van der Waals surface area contributed by atoms with E-state index in [2.05, 4.69) is 10.9 Å². The van der Waals surface area contributed by atoms with E-state index in [4.69, 9.17) is 4.42 Å². The fourth-order valence-corrected chi connectivity index (χ4v) is 6.50. The maximum atomic E-state index is 13.9. The van der Waals surface area contributed by atoms with Crippen LogP contribution >= 0.6 is 0 Å². The van der Waals surface area contributed by atoms with Gasteiger partial charge in [-0.25, -0.2) is 4.39 Å². The lowest BCUT2D eigenvalue weighted by atomic mass is 9.49. The summed E-state index contributed by atoms with van der Waals surface area (Å²) in [6.45, 7) is 1.71. The smallest absolute Gasteiger partial charge is 0.305 e. The number of rotatable bonds is 3. The molecule has 2 amide bonds. The predicted octanol–water partition coefficient (Wildman–Crippen LogP) is 4.25. The van der Waals surface area contributed by atoms with Gasteiger partial charge in [-0.1, -0.05) is 12.1 Å². The highest BCUT2D eigenvalue weighted by molar-refractivity contribution is 5.99. The van der Waals surface area contributed by atoms with Gasteiger partial charge in [0, 0.05) is 17.4 Å². The highest BCUT2D eigenvalue weighted by Gasteiger charge is 2.51. The average Bonchev–Trinajstić information content (AvgIpc) is 2.97. The maximum absolute atomic E-state index is 13.9. The van der Waals surface area contributed by atoms with Crippen LogP contribution in [0.15, 0.2) is 22.6 Å². The number of hydrazine groups is 1. The summed E-state index contributed by atoms with van der Waals surface area (Å²) in [4.78, 5) is 25.0. The van der Waals surface area contributed by atoms with Crippen LogP contribution in [-0.2, 0) is 4.79 Å². The van der Waals surface area contributed by atoms with Gasteiger partial charge in [-0.3, -0.25) is 20.4 Å². The third-order valence-corrected chi connectivity index (χ3v) is 7.14. The Balaban J connectivity index is 1.24. The molecule has 6 heteroatoms. The monoisotopic (exact) mass is 384 g/mol. The van der Waals surface area contributed by atoms with Gasteiger partial charge in [-0.2, -0.15) is 0 Å². The second kappa shape index (κ2) is 6.33. The molecule has 0 spiro atoms. The molecule has 1 aromatic carbocycles. The maximum Gasteiger partial charge on any atom is 0.305 e. The van der Waals surface area contributed by atoms with Crippen molar-refractivity contribution in [3.05, 3.63) is 35.3 Å². The summed E-state index contributed by atoms with van der Waals surface area (Å²) in [6.07, 6.45) is 7.88. The molecule has 0 radical (unpaired) electrons. The number of hydrogen-bond acceptors (Lipinski definition) is 3. The number of halogens is 1. The van der Waals surface area contributed by atoms with E-state index in [1.54, 1.807) is 19.1 Å². The SMILES string of the molecule is Cc1c(C(=O)NNC(=O)CC23CC4CC(CC(C4)C2)C3)oc2c(F)cccc12. The van der Waals surface area contributed by atoms with Gasteiger partial charge in [0.15, 0.2) is 17.2 Å². The lowest BCUT2D eigenvalue weighted by Gasteiger charge is -2.56. The minimum Gasteiger partial charge on any atom is -0.447 e. The van der Waals surface area contributed by atoms with E-state index < -0.39 is 11.7 Å². The number of carbonyl (C=O) groups is 2. The molecule has 4 saturated carbocycles. The molecular weight excluding hydrogens is 359 g/mol. The molecule has 28 heavy (non-hydrogen) atoms. The molecule has 0 saturated heterocycles. The van der Waals surface area contributed by atoms with Crippen molar-refractivity contribution in [2.24, 2.45) is 23.2 Å². The first-order valence-corrected chi connectivity index (χ1v) is 10.2. The van der Waals surface area contributed by atoms with Crippen LogP contribution in [0.5, 0.6) is 0 Å². The first kappa shape index (κ1) is 17.7. The standard InChI is InChI=1S/C22H25FN2O3/c1-12-16-3-2-4-17(23)20(16)28-19(12)21(27)25-24-18(26)11-22-8-13-5-14(9-22)7-15(6-13)10-22/h2-4,13-15H,5-11H2,1H3,(H,24,26)(H,25,27). The van der Waals surface area contributed by atoms with E-state index in [0.717, 1.165) is 37.0 Å². The summed E-state index contributed by atoms with van der Waals surface area (Å²) in [5, 5.41) is 0.560. The zero-order valence-electron chi connectivity index (χ0n) is 16.0. The number of para-hydroxylation sites is 1. The minimum absolute atomic E-state index is 0.0233. The van der Waals surface area contributed by atoms with Crippen LogP contribution in [0, 0.1) is 35.9 Å². The Labute approximate surface area is 163 Å². The first-order chi connectivity index (χ1) is 13.4. The van der Waals surface area contributed by atoms with Crippen LogP contribution in [0.2, 0.25) is 0 Å². The van der Waals surface area contributed by atoms with Crippen LogP contribution in [0.1, 0.15) is 61.1 Å². The number of nitrogens with one attached hydrogen (secondary N) is 2. The highest BCUT2D eigenvalue weighted by Crippen LogP contribution is 2.61. The quantitative estimate of drug-likeness (QED) is 0.777. The van der Waals surface area contributed by atoms with Gasteiger partial charge in [0.1, 0.15) is 0 Å². The number of amides is 2. The Morgan fingerprint density at radius 1 is 1.11 bits per heavy atom. The van der Waals surface area contributed by atoms with Gasteiger partial charge in [-0.15, -0.1) is 0 Å². The topological polar surface area (TPSA) is 71.3 Å². The lowest BCUT2D eigenvalue weighted by Crippen LogP contribution is -2.50. The van der Waals surface area contributed by atoms with E-state index >= 15 is 0 Å². The van der Waals surface area contributed by atoms with Crippen molar-refractivity contribution in [1.82, 2.24) is 10.9 Å². The number of benzene rings is 1. The molecule has 4 bridgehead atoms. The van der Waals surface area contributed by atoms with Gasteiger partial charge < -0.3 is 4.42 Å². The van der Waals surface area contributed by atoms with E-state index in [1.807, 2.05) is 0 Å². The van der Waals surface area contributed by atoms with Crippen LogP contribution < -0.4 is 10.9 Å². The third kappa shape index (κ3) is 2.90. The first-order valence-electron chi connectivity index (χ1n) is 10.2. The average molecular weight is 384 g/mol. The number of fused-ring (bicyclic) bond motifs is 1. The molecule has 4 aliphatic rings. The summed E-state index contributed by atoms with van der Waals surface area (Å²) in [7, 11) is 0. The van der Waals surface area contributed by atoms with Crippen molar-refractivity contribution >= 4 is 22.8 Å². The van der Waals surface area contributed by atoms with Crippen molar-refractivity contribution in [3.63, 3.8) is 0 Å². The fourth-order valence-electron chi connectivity index (χ4n) is 6.50. The molecular formula is C22H25FN2O3. The summed E-state index contributed by atoms with van der Waals surface area (Å²) in [6, 6.07) is 4.58. The fraction of sp³-hybridized carbons (Fsp3) is 0.545. The lowest BCUT2D eigenvalue weighted by molar-refractivity contribution is -0.130. The molecule has 1 aromatic heterocycles. The van der Waals surface area contributed by atoms with E-state index in [1.165, 1.54) is 25.3 Å². The predicted molar refractivity (Wildman–Crippen MR) is 102 cm³/mol. The zero-order valence-corrected chi connectivity index (χ0v) is 16.0. The van der Waals surface area contributed by atoms with Crippen molar-refractivity contribution in [2.75, 3.05) is 0 Å². The van der Waals surface area contributed by atoms with Crippen molar-refractivity contribution < 1.29 is 18.4 Å². The van der Waals surface area contributed by atoms with Gasteiger partial charge >= 0.3 is 5.91 Å². The number of aryl methyl sites for hydroxylation is 1. The van der Waals surface area contributed by atoms with Crippen molar-refractivity contribution in [3.8, 4) is 0 Å². The second-order valence-corrected chi connectivity index (χ2v) is 9.27. The van der Waals surface area contributed by atoms with Crippen molar-refractivity contribution in [1.29, 1.82) is 0 Å². The van der Waals surface area contributed by atoms with Crippen LogP contribution in [0.3, 0.4) is 0 Å². The molecule has 0 unspecified atom stereocenters. The molecule has 5 nitrogen and oxygen atoms in total. The number of carbonyl (C=O) groups excluding carboxylic acids is 2. The molecule has 2 aromatic rings.